The van der Waals surface area contributed by atoms with Gasteiger partial charge in [0.1, 0.15) is 0 Å². The molecule has 1 aromatic rings. The van der Waals surface area contributed by atoms with Gasteiger partial charge >= 0.3 is 0 Å². The highest BCUT2D eigenvalue weighted by Gasteiger charge is 2.14. The van der Waals surface area contributed by atoms with E-state index in [4.69, 9.17) is 5.73 Å². The number of nitrogens with zero attached hydrogens (tertiary/aromatic N) is 1. The standard InChI is InChI=1S/C17H23N.C8H19N.C4H8.4C2H6/c1-7-15(14(6)12(3)4)16-11-9-10-13(5)17(16)18-8-2;1-4-6-8(3,9)7-5-2;1-4(2)3;4*1-2/h8-11H,3,7H2,1-2,4-6H3;4-7,9H2,1-3H3;1H2,2-3H3;4*1-2H3/b15-14-,18-8?;;;;;;. The molecule has 0 bridgehead atoms. The molecular weight excluding hydrogens is 472 g/mol. The van der Waals surface area contributed by atoms with Crippen LogP contribution in [-0.2, 0) is 0 Å². The Bertz CT molecular complexity index is 722. The molecule has 0 unspecified atom stereocenters. The molecule has 0 atom stereocenters. The van der Waals surface area contributed by atoms with Crippen LogP contribution in [0.15, 0.2) is 53.1 Å². The lowest BCUT2D eigenvalue weighted by atomic mass is 9.92. The molecule has 0 spiro atoms. The molecule has 0 saturated heterocycles. The number of aliphatic imine (C=N–C) groups is 1. The minimum Gasteiger partial charge on any atom is -0.325 e. The second-order valence-electron chi connectivity index (χ2n) is 8.96. The summed E-state index contributed by atoms with van der Waals surface area (Å²) in [5, 5.41) is 0. The van der Waals surface area contributed by atoms with E-state index in [1.807, 2.05) is 82.4 Å². The van der Waals surface area contributed by atoms with Crippen molar-refractivity contribution >= 4 is 17.5 Å². The highest BCUT2D eigenvalue weighted by atomic mass is 14.7. The molecule has 0 aromatic heterocycles. The zero-order valence-corrected chi connectivity index (χ0v) is 30.3. The quantitative estimate of drug-likeness (QED) is 0.196. The first-order valence-electron chi connectivity index (χ1n) is 15.7. The van der Waals surface area contributed by atoms with E-state index in [1.165, 1.54) is 40.7 Å². The zero-order valence-electron chi connectivity index (χ0n) is 30.3. The van der Waals surface area contributed by atoms with Gasteiger partial charge in [0.2, 0.25) is 0 Å². The van der Waals surface area contributed by atoms with Crippen molar-refractivity contribution in [2.24, 2.45) is 10.7 Å². The molecule has 0 saturated carbocycles. The van der Waals surface area contributed by atoms with Gasteiger partial charge in [0.15, 0.2) is 0 Å². The van der Waals surface area contributed by atoms with Gasteiger partial charge in [-0.05, 0) is 84.4 Å². The molecule has 2 heteroatoms. The van der Waals surface area contributed by atoms with E-state index >= 15 is 0 Å². The second kappa shape index (κ2) is 36.1. The Morgan fingerprint density at radius 1 is 0.846 bits per heavy atom. The van der Waals surface area contributed by atoms with E-state index in [9.17, 15) is 0 Å². The number of aryl methyl sites for hydroxylation is 1. The lowest BCUT2D eigenvalue weighted by Crippen LogP contribution is -2.35. The van der Waals surface area contributed by atoms with Crippen LogP contribution in [0.2, 0.25) is 0 Å². The molecule has 0 aliphatic rings. The van der Waals surface area contributed by atoms with Crippen molar-refractivity contribution in [1.29, 1.82) is 0 Å². The maximum absolute atomic E-state index is 5.94. The van der Waals surface area contributed by atoms with Gasteiger partial charge in [-0.3, -0.25) is 4.99 Å². The Kier molecular flexibility index (Phi) is 46.2. The normalized spacial score (nSPS) is 9.92. The molecule has 0 fully saturated rings. The van der Waals surface area contributed by atoms with Gasteiger partial charge in [-0.1, -0.05) is 125 Å². The third kappa shape index (κ3) is 30.5. The average molecular weight is 547 g/mol. The van der Waals surface area contributed by atoms with Gasteiger partial charge in [0, 0.05) is 17.3 Å². The number of para-hydroxylation sites is 1. The molecule has 232 valence electrons. The summed E-state index contributed by atoms with van der Waals surface area (Å²) in [4.78, 5) is 4.53. The molecule has 2 N–H and O–H groups in total. The van der Waals surface area contributed by atoms with Crippen LogP contribution in [0.5, 0.6) is 0 Å². The second-order valence-corrected chi connectivity index (χ2v) is 8.96. The van der Waals surface area contributed by atoms with Crippen molar-refractivity contribution in [2.75, 3.05) is 0 Å². The number of nitrogens with two attached hydrogens (primary N) is 1. The van der Waals surface area contributed by atoms with Crippen molar-refractivity contribution in [1.82, 2.24) is 0 Å². The molecule has 1 rings (SSSR count). The molecule has 1 aromatic carbocycles. The molecule has 0 amide bonds. The first-order valence-corrected chi connectivity index (χ1v) is 15.7. The lowest BCUT2D eigenvalue weighted by molar-refractivity contribution is 0.393. The predicted molar refractivity (Wildman–Crippen MR) is 191 cm³/mol. The van der Waals surface area contributed by atoms with Crippen LogP contribution < -0.4 is 5.73 Å². The molecule has 2 nitrogen and oxygen atoms in total. The van der Waals surface area contributed by atoms with Crippen LogP contribution in [0.4, 0.5) is 5.69 Å². The maximum Gasteiger partial charge on any atom is 0.0729 e. The third-order valence-corrected chi connectivity index (χ3v) is 4.91. The zero-order chi connectivity index (χ0) is 32.6. The summed E-state index contributed by atoms with van der Waals surface area (Å²) in [5.74, 6) is 0. The summed E-state index contributed by atoms with van der Waals surface area (Å²) in [6.07, 6.45) is 7.56. The smallest absolute Gasteiger partial charge is 0.0729 e. The number of hydrogen-bond donors (Lipinski definition) is 1. The van der Waals surface area contributed by atoms with Crippen LogP contribution in [0.1, 0.15) is 161 Å². The molecule has 0 aliphatic heterocycles. The first-order chi connectivity index (χ1) is 18.4. The average Bonchev–Trinajstić information content (AvgIpc) is 2.91. The summed E-state index contributed by atoms with van der Waals surface area (Å²) in [6.45, 7) is 44.5. The van der Waals surface area contributed by atoms with Gasteiger partial charge in [-0.25, -0.2) is 0 Å². The van der Waals surface area contributed by atoms with Gasteiger partial charge in [0.05, 0.1) is 5.69 Å². The maximum atomic E-state index is 5.94. The minimum atomic E-state index is 0.101. The van der Waals surface area contributed by atoms with Crippen molar-refractivity contribution in [3.63, 3.8) is 0 Å². The predicted octanol–water partition coefficient (Wildman–Crippen LogP) is 13.5. The Labute approximate surface area is 249 Å². The molecular formula is C37H74N2. The van der Waals surface area contributed by atoms with Crippen LogP contribution in [0, 0.1) is 6.92 Å². The SMILES string of the molecule is C=C(C)/C(C)=C(/CC)c1cccc(C)c1N=CC.C=C(C)C.CC.CC.CC.CC.CCCC(C)(N)CCC. The molecule has 0 aliphatic carbocycles. The fourth-order valence-electron chi connectivity index (χ4n) is 3.39. The van der Waals surface area contributed by atoms with Crippen molar-refractivity contribution in [2.45, 2.75) is 162 Å². The fraction of sp³-hybridized carbons (Fsp3) is 0.649. The van der Waals surface area contributed by atoms with E-state index in [2.05, 4.69) is 84.8 Å². The van der Waals surface area contributed by atoms with Crippen molar-refractivity contribution in [3.05, 3.63) is 59.2 Å². The van der Waals surface area contributed by atoms with E-state index in [0.29, 0.717) is 0 Å². The number of rotatable bonds is 8. The Morgan fingerprint density at radius 2 is 1.23 bits per heavy atom. The Balaban J connectivity index is -0.000000109. The number of allylic oxidation sites excluding steroid dienone is 4. The topological polar surface area (TPSA) is 38.4 Å². The summed E-state index contributed by atoms with van der Waals surface area (Å²) in [6, 6.07) is 6.36. The number of hydrogen-bond acceptors (Lipinski definition) is 2. The van der Waals surface area contributed by atoms with Gasteiger partial charge in [-0.2, -0.15) is 0 Å². The Morgan fingerprint density at radius 3 is 1.51 bits per heavy atom. The minimum absolute atomic E-state index is 0.101. The van der Waals surface area contributed by atoms with Crippen molar-refractivity contribution < 1.29 is 0 Å². The van der Waals surface area contributed by atoms with E-state index < -0.39 is 0 Å². The van der Waals surface area contributed by atoms with E-state index in [-0.39, 0.29) is 5.54 Å². The van der Waals surface area contributed by atoms with E-state index in [1.54, 1.807) is 0 Å². The first kappa shape index (κ1) is 50.0. The fourth-order valence-corrected chi connectivity index (χ4v) is 3.39. The monoisotopic (exact) mass is 547 g/mol. The largest absolute Gasteiger partial charge is 0.325 e. The Hall–Kier alpha value is -1.93. The van der Waals surface area contributed by atoms with Gasteiger partial charge in [-0.15, -0.1) is 6.58 Å². The summed E-state index contributed by atoms with van der Waals surface area (Å²) < 4.78 is 0. The summed E-state index contributed by atoms with van der Waals surface area (Å²) in [5.41, 5.74) is 14.5. The number of benzene rings is 1. The highest BCUT2D eigenvalue weighted by molar-refractivity contribution is 5.81. The van der Waals surface area contributed by atoms with Crippen molar-refractivity contribution in [3.8, 4) is 0 Å². The van der Waals surface area contributed by atoms with Crippen LogP contribution in [0.3, 0.4) is 0 Å². The highest BCUT2D eigenvalue weighted by Crippen LogP contribution is 2.34. The van der Waals surface area contributed by atoms with Crippen LogP contribution in [0.25, 0.3) is 5.57 Å². The summed E-state index contributed by atoms with van der Waals surface area (Å²) in [7, 11) is 0. The third-order valence-electron chi connectivity index (χ3n) is 4.91. The van der Waals surface area contributed by atoms with E-state index in [0.717, 1.165) is 30.5 Å². The van der Waals surface area contributed by atoms with Gasteiger partial charge in [0.25, 0.3) is 0 Å². The van der Waals surface area contributed by atoms with Crippen LogP contribution in [-0.4, -0.2) is 11.8 Å². The molecule has 39 heavy (non-hydrogen) atoms. The molecule has 0 radical (unpaired) electrons. The van der Waals surface area contributed by atoms with Gasteiger partial charge < -0.3 is 5.73 Å². The summed E-state index contributed by atoms with van der Waals surface area (Å²) >= 11 is 0. The van der Waals surface area contributed by atoms with Crippen LogP contribution >= 0.6 is 0 Å². The lowest BCUT2D eigenvalue weighted by Gasteiger charge is -2.22. The molecule has 0 heterocycles.